The minimum Gasteiger partial charge on any atom is -0.359 e. The van der Waals surface area contributed by atoms with E-state index in [1.807, 2.05) is 24.4 Å². The summed E-state index contributed by atoms with van der Waals surface area (Å²) in [5, 5.41) is 11.0. The van der Waals surface area contributed by atoms with Gasteiger partial charge in [0.25, 0.3) is 0 Å². The Kier molecular flexibility index (Phi) is 6.68. The van der Waals surface area contributed by atoms with Crippen molar-refractivity contribution in [2.24, 2.45) is 4.99 Å². The van der Waals surface area contributed by atoms with E-state index >= 15 is 0 Å². The molecule has 3 heterocycles. The van der Waals surface area contributed by atoms with Crippen molar-refractivity contribution < 1.29 is 4.52 Å². The Hall–Kier alpha value is -2.57. The van der Waals surface area contributed by atoms with Crippen LogP contribution in [0.15, 0.2) is 40.0 Å². The Morgan fingerprint density at radius 1 is 1.33 bits per heavy atom. The number of rotatable bonds is 6. The van der Waals surface area contributed by atoms with Crippen molar-refractivity contribution >= 4 is 11.8 Å². The highest BCUT2D eigenvalue weighted by Crippen LogP contribution is 2.17. The van der Waals surface area contributed by atoms with Gasteiger partial charge in [0.1, 0.15) is 12.4 Å². The molecule has 1 aliphatic rings. The molecule has 1 aliphatic heterocycles. The molecule has 27 heavy (non-hydrogen) atoms. The third-order valence-corrected chi connectivity index (χ3v) is 4.72. The van der Waals surface area contributed by atoms with Gasteiger partial charge in [-0.2, -0.15) is 0 Å². The van der Waals surface area contributed by atoms with E-state index in [0.717, 1.165) is 55.7 Å². The molecule has 3 rings (SSSR count). The molecular formula is C20H30N6O. The topological polar surface area (TPSA) is 78.6 Å². The smallest absolute Gasteiger partial charge is 0.191 e. The minimum atomic E-state index is 0.363. The zero-order valence-corrected chi connectivity index (χ0v) is 16.5. The van der Waals surface area contributed by atoms with Crippen LogP contribution in [0.2, 0.25) is 0 Å². The van der Waals surface area contributed by atoms with Crippen LogP contribution in [-0.4, -0.2) is 41.8 Å². The van der Waals surface area contributed by atoms with E-state index in [-0.39, 0.29) is 0 Å². The van der Waals surface area contributed by atoms with Gasteiger partial charge in [0.05, 0.1) is 5.69 Å². The Bertz CT molecular complexity index is 719. The van der Waals surface area contributed by atoms with Crippen LogP contribution in [0.5, 0.6) is 0 Å². The normalized spacial score (nSPS) is 16.0. The molecule has 0 aromatic carbocycles. The fourth-order valence-electron chi connectivity index (χ4n) is 3.14. The van der Waals surface area contributed by atoms with Crippen molar-refractivity contribution in [1.29, 1.82) is 0 Å². The zero-order valence-electron chi connectivity index (χ0n) is 16.5. The van der Waals surface area contributed by atoms with E-state index in [1.54, 1.807) is 0 Å². The van der Waals surface area contributed by atoms with Gasteiger partial charge in [-0.1, -0.05) is 25.1 Å². The molecule has 0 saturated carbocycles. The van der Waals surface area contributed by atoms with Crippen LogP contribution in [0.3, 0.4) is 0 Å². The lowest BCUT2D eigenvalue weighted by Crippen LogP contribution is -2.48. The molecule has 0 bridgehead atoms. The fourth-order valence-corrected chi connectivity index (χ4v) is 3.14. The molecule has 0 aliphatic carbocycles. The van der Waals surface area contributed by atoms with Gasteiger partial charge in [-0.3, -0.25) is 0 Å². The number of hydrogen-bond acceptors (Lipinski definition) is 5. The number of nitrogens with one attached hydrogen (secondary N) is 2. The van der Waals surface area contributed by atoms with Crippen molar-refractivity contribution in [2.75, 3.05) is 24.5 Å². The van der Waals surface area contributed by atoms with Crippen molar-refractivity contribution in [3.63, 3.8) is 0 Å². The maximum Gasteiger partial charge on any atom is 0.191 e. The van der Waals surface area contributed by atoms with Gasteiger partial charge < -0.3 is 20.1 Å². The molecule has 1 saturated heterocycles. The van der Waals surface area contributed by atoms with Crippen LogP contribution >= 0.6 is 0 Å². The number of hydrogen-bond donors (Lipinski definition) is 2. The van der Waals surface area contributed by atoms with E-state index in [1.165, 1.54) is 0 Å². The second kappa shape index (κ2) is 9.39. The average molecular weight is 371 g/mol. The van der Waals surface area contributed by atoms with Crippen molar-refractivity contribution in [3.8, 4) is 0 Å². The van der Waals surface area contributed by atoms with Gasteiger partial charge >= 0.3 is 0 Å². The molecule has 2 aromatic heterocycles. The molecule has 7 nitrogen and oxygen atoms in total. The lowest BCUT2D eigenvalue weighted by atomic mass is 10.1. The Morgan fingerprint density at radius 3 is 2.78 bits per heavy atom. The summed E-state index contributed by atoms with van der Waals surface area (Å²) in [7, 11) is 0. The predicted molar refractivity (Wildman–Crippen MR) is 108 cm³/mol. The van der Waals surface area contributed by atoms with E-state index < -0.39 is 0 Å². The minimum absolute atomic E-state index is 0.363. The maximum absolute atomic E-state index is 5.38. The first-order valence-corrected chi connectivity index (χ1v) is 9.82. The number of pyridine rings is 1. The van der Waals surface area contributed by atoms with Gasteiger partial charge in [0.15, 0.2) is 11.7 Å². The van der Waals surface area contributed by atoms with Gasteiger partial charge in [-0.15, -0.1) is 0 Å². The summed E-state index contributed by atoms with van der Waals surface area (Å²) in [4.78, 5) is 11.4. The highest BCUT2D eigenvalue weighted by molar-refractivity contribution is 5.80. The van der Waals surface area contributed by atoms with Crippen LogP contribution in [0.25, 0.3) is 0 Å². The van der Waals surface area contributed by atoms with Gasteiger partial charge in [0.2, 0.25) is 0 Å². The first kappa shape index (κ1) is 19.2. The lowest BCUT2D eigenvalue weighted by molar-refractivity contribution is 0.376. The van der Waals surface area contributed by atoms with Gasteiger partial charge in [-0.25, -0.2) is 9.98 Å². The Balaban J connectivity index is 1.53. The first-order valence-electron chi connectivity index (χ1n) is 9.82. The summed E-state index contributed by atoms with van der Waals surface area (Å²) in [6, 6.07) is 8.46. The number of guanidine groups is 1. The predicted octanol–water partition coefficient (Wildman–Crippen LogP) is 2.92. The molecule has 7 heteroatoms. The fraction of sp³-hybridized carbons (Fsp3) is 0.550. The maximum atomic E-state index is 5.38. The molecule has 2 N–H and O–H groups in total. The van der Waals surface area contributed by atoms with Crippen LogP contribution in [0.4, 0.5) is 5.82 Å². The zero-order chi connectivity index (χ0) is 19.1. The quantitative estimate of drug-likeness (QED) is 0.601. The molecule has 2 aromatic rings. The standard InChI is InChI=1S/C20H30N6O/c1-4-21-20(23-14-17-13-18(15(2)3)25-27-17)24-16-8-11-26(12-9-16)19-7-5-6-10-22-19/h5-7,10,13,15-16H,4,8-9,11-12,14H2,1-3H3,(H2,21,23,24). The van der Waals surface area contributed by atoms with E-state index in [9.17, 15) is 0 Å². The SMILES string of the molecule is CCNC(=NCc1cc(C(C)C)no1)NC1CCN(c2ccccn2)CC1. The summed E-state index contributed by atoms with van der Waals surface area (Å²) >= 11 is 0. The Morgan fingerprint density at radius 2 is 2.15 bits per heavy atom. The summed E-state index contributed by atoms with van der Waals surface area (Å²) in [6.45, 7) is 9.59. The molecule has 146 valence electrons. The van der Waals surface area contributed by atoms with Crippen molar-refractivity contribution in [2.45, 2.75) is 52.1 Å². The van der Waals surface area contributed by atoms with Crippen LogP contribution in [-0.2, 0) is 6.54 Å². The average Bonchev–Trinajstić information content (AvgIpc) is 3.17. The molecule has 0 amide bonds. The summed E-state index contributed by atoms with van der Waals surface area (Å²) in [5.74, 6) is 3.04. The Labute approximate surface area is 161 Å². The molecule has 0 unspecified atom stereocenters. The third-order valence-electron chi connectivity index (χ3n) is 4.72. The molecular weight excluding hydrogens is 340 g/mol. The van der Waals surface area contributed by atoms with E-state index in [0.29, 0.717) is 18.5 Å². The highest BCUT2D eigenvalue weighted by atomic mass is 16.5. The first-order chi connectivity index (χ1) is 13.2. The van der Waals surface area contributed by atoms with Crippen LogP contribution < -0.4 is 15.5 Å². The number of piperidine rings is 1. The second-order valence-corrected chi connectivity index (χ2v) is 7.16. The highest BCUT2D eigenvalue weighted by Gasteiger charge is 2.20. The summed E-state index contributed by atoms with van der Waals surface area (Å²) in [5.41, 5.74) is 0.972. The van der Waals surface area contributed by atoms with E-state index in [2.05, 4.69) is 57.5 Å². The molecule has 0 atom stereocenters. The van der Waals surface area contributed by atoms with Crippen molar-refractivity contribution in [3.05, 3.63) is 41.9 Å². The number of aliphatic imine (C=N–C) groups is 1. The summed E-state index contributed by atoms with van der Waals surface area (Å²) in [6.07, 6.45) is 3.96. The largest absolute Gasteiger partial charge is 0.359 e. The number of nitrogens with zero attached hydrogens (tertiary/aromatic N) is 4. The van der Waals surface area contributed by atoms with Crippen LogP contribution in [0.1, 0.15) is 51.0 Å². The van der Waals surface area contributed by atoms with E-state index in [4.69, 9.17) is 4.52 Å². The second-order valence-electron chi connectivity index (χ2n) is 7.16. The van der Waals surface area contributed by atoms with Gasteiger partial charge in [-0.05, 0) is 37.8 Å². The monoisotopic (exact) mass is 370 g/mol. The lowest BCUT2D eigenvalue weighted by Gasteiger charge is -2.33. The molecule has 0 radical (unpaired) electrons. The number of anilines is 1. The summed E-state index contributed by atoms with van der Waals surface area (Å²) < 4.78 is 5.38. The molecule has 1 fully saturated rings. The molecule has 0 spiro atoms. The van der Waals surface area contributed by atoms with Crippen LogP contribution in [0, 0.1) is 0 Å². The van der Waals surface area contributed by atoms with Gasteiger partial charge in [0, 0.05) is 37.9 Å². The number of aromatic nitrogens is 2. The van der Waals surface area contributed by atoms with Crippen molar-refractivity contribution in [1.82, 2.24) is 20.8 Å². The third kappa shape index (κ3) is 5.45.